The molecule has 6 heteroatoms. The summed E-state index contributed by atoms with van der Waals surface area (Å²) in [6.07, 6.45) is 2.56. The highest BCUT2D eigenvalue weighted by atomic mass is 16.4. The lowest BCUT2D eigenvalue weighted by Crippen LogP contribution is -2.06. The minimum absolute atomic E-state index is 0.130. The first-order valence-electron chi connectivity index (χ1n) is 4.10. The van der Waals surface area contributed by atoms with Crippen LogP contribution in [0.2, 0.25) is 0 Å². The molecule has 0 saturated heterocycles. The molecule has 0 radical (unpaired) electrons. The summed E-state index contributed by atoms with van der Waals surface area (Å²) >= 11 is 0. The number of carbonyl (C=O) groups is 1. The molecule has 0 unspecified atom stereocenters. The van der Waals surface area contributed by atoms with Crippen LogP contribution in [0.1, 0.15) is 10.5 Å². The van der Waals surface area contributed by atoms with E-state index in [1.165, 1.54) is 6.20 Å². The van der Waals surface area contributed by atoms with Crippen molar-refractivity contribution in [1.82, 2.24) is 9.97 Å². The zero-order valence-electron chi connectivity index (χ0n) is 7.77. The van der Waals surface area contributed by atoms with E-state index >= 15 is 0 Å². The van der Waals surface area contributed by atoms with Crippen molar-refractivity contribution in [3.8, 4) is 11.8 Å². The van der Waals surface area contributed by atoms with Gasteiger partial charge in [0.05, 0.1) is 18.9 Å². The van der Waals surface area contributed by atoms with E-state index in [2.05, 4.69) is 27.1 Å². The monoisotopic (exact) mass is 207 g/mol. The molecule has 0 amide bonds. The molecule has 0 bridgehead atoms. The highest BCUT2D eigenvalue weighted by Gasteiger charge is 2.04. The van der Waals surface area contributed by atoms with Gasteiger partial charge in [0.25, 0.3) is 0 Å². The van der Waals surface area contributed by atoms with Gasteiger partial charge in [-0.3, -0.25) is 4.98 Å². The van der Waals surface area contributed by atoms with E-state index in [9.17, 15) is 4.79 Å². The SMILES string of the molecule is O=C(O)c1cncc(NCC#CCO)n1. The van der Waals surface area contributed by atoms with Gasteiger partial charge in [-0.05, 0) is 0 Å². The van der Waals surface area contributed by atoms with E-state index < -0.39 is 5.97 Å². The van der Waals surface area contributed by atoms with E-state index in [4.69, 9.17) is 10.2 Å². The van der Waals surface area contributed by atoms with Crippen LogP contribution < -0.4 is 5.32 Å². The zero-order chi connectivity index (χ0) is 11.1. The maximum atomic E-state index is 10.5. The predicted octanol–water partition coefficient (Wildman–Crippen LogP) is -0.418. The Kier molecular flexibility index (Phi) is 4.06. The van der Waals surface area contributed by atoms with E-state index in [-0.39, 0.29) is 18.8 Å². The van der Waals surface area contributed by atoms with Gasteiger partial charge in [-0.2, -0.15) is 0 Å². The third-order valence-corrected chi connectivity index (χ3v) is 1.42. The first-order chi connectivity index (χ1) is 7.24. The summed E-state index contributed by atoms with van der Waals surface area (Å²) in [5.41, 5.74) is -0.130. The second kappa shape index (κ2) is 5.57. The molecular weight excluding hydrogens is 198 g/mol. The van der Waals surface area contributed by atoms with Crippen molar-refractivity contribution in [3.05, 3.63) is 18.1 Å². The van der Waals surface area contributed by atoms with Crippen LogP contribution in [0.15, 0.2) is 12.4 Å². The number of nitrogens with zero attached hydrogens (tertiary/aromatic N) is 2. The predicted molar refractivity (Wildman–Crippen MR) is 52.3 cm³/mol. The Morgan fingerprint density at radius 3 is 2.93 bits per heavy atom. The van der Waals surface area contributed by atoms with E-state index in [1.807, 2.05) is 0 Å². The summed E-state index contributed by atoms with van der Waals surface area (Å²) in [5.74, 6) is 4.24. The minimum Gasteiger partial charge on any atom is -0.476 e. The summed E-state index contributed by atoms with van der Waals surface area (Å²) in [4.78, 5) is 18.0. The molecule has 6 nitrogen and oxygen atoms in total. The fourth-order valence-corrected chi connectivity index (χ4v) is 0.807. The lowest BCUT2D eigenvalue weighted by atomic mass is 10.4. The van der Waals surface area contributed by atoms with Crippen LogP contribution >= 0.6 is 0 Å². The van der Waals surface area contributed by atoms with Gasteiger partial charge >= 0.3 is 5.97 Å². The first-order valence-corrected chi connectivity index (χ1v) is 4.10. The first kappa shape index (κ1) is 10.9. The second-order valence-electron chi connectivity index (χ2n) is 2.46. The molecular formula is C9H9N3O3. The van der Waals surface area contributed by atoms with Crippen LogP contribution in [0, 0.1) is 11.8 Å². The standard InChI is InChI=1S/C9H9N3O3/c13-4-2-1-3-11-8-6-10-5-7(12-8)9(14)15/h5-6,13H,3-4H2,(H,11,12)(H,14,15). The fourth-order valence-electron chi connectivity index (χ4n) is 0.807. The number of aromatic nitrogens is 2. The molecule has 0 spiro atoms. The third-order valence-electron chi connectivity index (χ3n) is 1.42. The molecule has 1 aromatic rings. The summed E-state index contributed by atoms with van der Waals surface area (Å²) < 4.78 is 0. The van der Waals surface area contributed by atoms with Gasteiger partial charge in [0.1, 0.15) is 12.4 Å². The fraction of sp³-hybridized carbons (Fsp3) is 0.222. The van der Waals surface area contributed by atoms with Crippen LogP contribution in [0.3, 0.4) is 0 Å². The lowest BCUT2D eigenvalue weighted by molar-refractivity contribution is 0.0690. The average Bonchev–Trinajstić information content (AvgIpc) is 2.25. The van der Waals surface area contributed by atoms with Crippen molar-refractivity contribution in [1.29, 1.82) is 0 Å². The molecule has 78 valence electrons. The lowest BCUT2D eigenvalue weighted by Gasteiger charge is -2.00. The highest BCUT2D eigenvalue weighted by Crippen LogP contribution is 2.00. The van der Waals surface area contributed by atoms with Gasteiger partial charge in [-0.25, -0.2) is 9.78 Å². The molecule has 15 heavy (non-hydrogen) atoms. The van der Waals surface area contributed by atoms with Crippen LogP contribution in [0.5, 0.6) is 0 Å². The van der Waals surface area contributed by atoms with Crippen molar-refractivity contribution in [3.63, 3.8) is 0 Å². The number of hydrogen-bond acceptors (Lipinski definition) is 5. The molecule has 0 fully saturated rings. The van der Waals surface area contributed by atoms with Crippen LogP contribution in [0.25, 0.3) is 0 Å². The molecule has 0 aliphatic rings. The molecule has 1 aromatic heterocycles. The number of rotatable bonds is 3. The number of carboxylic acids is 1. The second-order valence-corrected chi connectivity index (χ2v) is 2.46. The van der Waals surface area contributed by atoms with Gasteiger partial charge in [-0.15, -0.1) is 0 Å². The Bertz CT molecular complexity index is 409. The number of nitrogens with one attached hydrogen (secondary N) is 1. The normalized spacial score (nSPS) is 8.87. The smallest absolute Gasteiger partial charge is 0.356 e. The number of anilines is 1. The van der Waals surface area contributed by atoms with E-state index in [1.54, 1.807) is 0 Å². The highest BCUT2D eigenvalue weighted by molar-refractivity contribution is 5.85. The maximum Gasteiger partial charge on any atom is 0.356 e. The van der Waals surface area contributed by atoms with Gasteiger partial charge in [0.15, 0.2) is 5.69 Å². The minimum atomic E-state index is -1.13. The van der Waals surface area contributed by atoms with Crippen molar-refractivity contribution in [2.24, 2.45) is 0 Å². The Balaban J connectivity index is 2.62. The topological polar surface area (TPSA) is 95.3 Å². The summed E-state index contributed by atoms with van der Waals surface area (Å²) in [7, 11) is 0. The molecule has 0 aliphatic carbocycles. The average molecular weight is 207 g/mol. The Hall–Kier alpha value is -2.13. The van der Waals surface area contributed by atoms with Crippen LogP contribution in [-0.4, -0.2) is 39.3 Å². The van der Waals surface area contributed by atoms with Gasteiger partial charge < -0.3 is 15.5 Å². The molecule has 1 rings (SSSR count). The number of aromatic carboxylic acids is 1. The van der Waals surface area contributed by atoms with E-state index in [0.29, 0.717) is 5.82 Å². The Labute approximate surface area is 86.0 Å². The molecule has 3 N–H and O–H groups in total. The number of hydrogen-bond donors (Lipinski definition) is 3. The molecule has 0 aliphatic heterocycles. The number of carboxylic acid groups (broad SMARTS) is 1. The molecule has 0 saturated carbocycles. The largest absolute Gasteiger partial charge is 0.476 e. The van der Waals surface area contributed by atoms with Gasteiger partial charge in [0.2, 0.25) is 0 Å². The van der Waals surface area contributed by atoms with Gasteiger partial charge in [0, 0.05) is 0 Å². The molecule has 1 heterocycles. The third kappa shape index (κ3) is 3.62. The summed E-state index contributed by atoms with van der Waals surface area (Å²) in [6.45, 7) is 0.0703. The Morgan fingerprint density at radius 1 is 1.47 bits per heavy atom. The van der Waals surface area contributed by atoms with E-state index in [0.717, 1.165) is 6.20 Å². The van der Waals surface area contributed by atoms with Crippen LogP contribution in [0.4, 0.5) is 5.82 Å². The number of aliphatic hydroxyl groups excluding tert-OH is 1. The quantitative estimate of drug-likeness (QED) is 0.583. The maximum absolute atomic E-state index is 10.5. The van der Waals surface area contributed by atoms with Gasteiger partial charge in [-0.1, -0.05) is 11.8 Å². The molecule has 0 aromatic carbocycles. The van der Waals surface area contributed by atoms with Crippen molar-refractivity contribution < 1.29 is 15.0 Å². The van der Waals surface area contributed by atoms with Crippen molar-refractivity contribution in [2.75, 3.05) is 18.5 Å². The van der Waals surface area contributed by atoms with Crippen LogP contribution in [-0.2, 0) is 0 Å². The summed E-state index contributed by atoms with van der Waals surface area (Å²) in [5, 5.41) is 19.8. The van der Waals surface area contributed by atoms with Crippen molar-refractivity contribution >= 4 is 11.8 Å². The molecule has 0 atom stereocenters. The Morgan fingerprint density at radius 2 is 2.27 bits per heavy atom. The number of aliphatic hydroxyl groups is 1. The zero-order valence-corrected chi connectivity index (χ0v) is 7.77. The summed E-state index contributed by atoms with van der Waals surface area (Å²) in [6, 6.07) is 0. The van der Waals surface area contributed by atoms with Crippen molar-refractivity contribution in [2.45, 2.75) is 0 Å².